The molecule has 0 fully saturated rings. The number of carboxylic acids is 1. The lowest BCUT2D eigenvalue weighted by Gasteiger charge is -2.08. The van der Waals surface area contributed by atoms with E-state index < -0.39 is 5.97 Å². The molecule has 2 aromatic carbocycles. The summed E-state index contributed by atoms with van der Waals surface area (Å²) in [7, 11) is 0. The summed E-state index contributed by atoms with van der Waals surface area (Å²) in [6.45, 7) is 3.03. The Morgan fingerprint density at radius 2 is 1.48 bits per heavy atom. The fourth-order valence-electron chi connectivity index (χ4n) is 3.07. The van der Waals surface area contributed by atoms with Gasteiger partial charge in [0.2, 0.25) is 0 Å². The number of aliphatic carboxylic acids is 1. The van der Waals surface area contributed by atoms with Crippen LogP contribution in [0.5, 0.6) is 5.75 Å². The molecule has 0 saturated heterocycles. The van der Waals surface area contributed by atoms with Crippen molar-refractivity contribution in [2.45, 2.75) is 51.9 Å². The number of allylic oxidation sites excluding steroid dienone is 3. The Morgan fingerprint density at radius 1 is 0.862 bits per heavy atom. The molecule has 3 nitrogen and oxygen atoms in total. The van der Waals surface area contributed by atoms with E-state index >= 15 is 0 Å². The minimum absolute atomic E-state index is 0.773. The Labute approximate surface area is 174 Å². The molecule has 0 amide bonds. The maximum atomic E-state index is 10.4. The molecule has 0 aliphatic heterocycles. The third-order valence-electron chi connectivity index (χ3n) is 4.75. The Morgan fingerprint density at radius 3 is 2.14 bits per heavy atom. The van der Waals surface area contributed by atoms with E-state index in [1.54, 1.807) is 6.08 Å². The molecule has 0 aliphatic carbocycles. The highest BCUT2D eigenvalue weighted by molar-refractivity contribution is 5.80. The lowest BCUT2D eigenvalue weighted by atomic mass is 10.0. The largest absolute Gasteiger partial charge is 0.494 e. The number of benzene rings is 2. The molecule has 0 unspecified atom stereocenters. The second-order valence-corrected chi connectivity index (χ2v) is 7.17. The van der Waals surface area contributed by atoms with Crippen LogP contribution >= 0.6 is 0 Å². The van der Waals surface area contributed by atoms with E-state index in [2.05, 4.69) is 43.3 Å². The molecule has 0 spiro atoms. The smallest absolute Gasteiger partial charge is 0.328 e. The van der Waals surface area contributed by atoms with Crippen LogP contribution in [0, 0.1) is 0 Å². The summed E-state index contributed by atoms with van der Waals surface area (Å²) in [6.07, 6.45) is 14.8. The summed E-state index contributed by atoms with van der Waals surface area (Å²) in [5, 5.41) is 8.55. The van der Waals surface area contributed by atoms with E-state index in [9.17, 15) is 4.79 Å². The first-order valence-electron chi connectivity index (χ1n) is 10.6. The predicted octanol–water partition coefficient (Wildman–Crippen LogP) is 6.83. The minimum atomic E-state index is -0.933. The van der Waals surface area contributed by atoms with Crippen molar-refractivity contribution in [3.63, 3.8) is 0 Å². The third kappa shape index (κ3) is 9.29. The fourth-order valence-corrected chi connectivity index (χ4v) is 3.07. The summed E-state index contributed by atoms with van der Waals surface area (Å²) in [6, 6.07) is 16.7. The molecule has 0 aliphatic rings. The summed E-state index contributed by atoms with van der Waals surface area (Å²) in [5.74, 6) is -0.00342. The molecular formula is C26H32O3. The maximum Gasteiger partial charge on any atom is 0.328 e. The van der Waals surface area contributed by atoms with Gasteiger partial charge >= 0.3 is 5.97 Å². The average Bonchev–Trinajstić information content (AvgIpc) is 2.74. The van der Waals surface area contributed by atoms with Gasteiger partial charge in [0.1, 0.15) is 5.75 Å². The molecule has 0 saturated carbocycles. The van der Waals surface area contributed by atoms with E-state index in [1.165, 1.54) is 54.9 Å². The number of hydrogen-bond donors (Lipinski definition) is 1. The SMILES string of the molecule is CCCCCCCCOc1ccc(-c2ccc(C/C=C/C=C/C(=O)O)cc2)cc1. The molecule has 1 N–H and O–H groups in total. The summed E-state index contributed by atoms with van der Waals surface area (Å²) >= 11 is 0. The first-order valence-corrected chi connectivity index (χ1v) is 10.6. The van der Waals surface area contributed by atoms with E-state index in [0.717, 1.165) is 31.3 Å². The van der Waals surface area contributed by atoms with Crippen LogP contribution in [0.4, 0.5) is 0 Å². The van der Waals surface area contributed by atoms with Crippen molar-refractivity contribution in [3.05, 3.63) is 78.4 Å². The van der Waals surface area contributed by atoms with Crippen LogP contribution in [-0.2, 0) is 11.2 Å². The van der Waals surface area contributed by atoms with Gasteiger partial charge in [-0.15, -0.1) is 0 Å². The summed E-state index contributed by atoms with van der Waals surface area (Å²) in [5.41, 5.74) is 3.53. The van der Waals surface area contributed by atoms with E-state index in [1.807, 2.05) is 18.2 Å². The molecule has 2 rings (SSSR count). The first-order chi connectivity index (χ1) is 14.2. The molecular weight excluding hydrogens is 360 g/mol. The second kappa shape index (κ2) is 13.4. The number of carboxylic acid groups (broad SMARTS) is 1. The second-order valence-electron chi connectivity index (χ2n) is 7.17. The lowest BCUT2D eigenvalue weighted by Crippen LogP contribution is -1.97. The van der Waals surface area contributed by atoms with Gasteiger partial charge in [-0.05, 0) is 41.7 Å². The quantitative estimate of drug-likeness (QED) is 0.231. The summed E-state index contributed by atoms with van der Waals surface area (Å²) < 4.78 is 5.85. The molecule has 0 aromatic heterocycles. The standard InChI is InChI=1S/C26H32O3/c1-2-3-4-5-6-10-21-29-25-19-17-24(18-20-25)23-15-13-22(14-16-23)11-8-7-9-12-26(27)28/h7-9,12-20H,2-6,10-11,21H2,1H3,(H,27,28)/b8-7+,12-9+. The van der Waals surface area contributed by atoms with Crippen LogP contribution in [0.25, 0.3) is 11.1 Å². The topological polar surface area (TPSA) is 46.5 Å². The number of ether oxygens (including phenoxy) is 1. The van der Waals surface area contributed by atoms with E-state index in [4.69, 9.17) is 9.84 Å². The number of unbranched alkanes of at least 4 members (excludes halogenated alkanes) is 5. The van der Waals surface area contributed by atoms with Gasteiger partial charge in [0.15, 0.2) is 0 Å². The normalized spacial score (nSPS) is 11.3. The lowest BCUT2D eigenvalue weighted by molar-refractivity contribution is -0.131. The molecule has 154 valence electrons. The van der Waals surface area contributed by atoms with Crippen molar-refractivity contribution < 1.29 is 14.6 Å². The van der Waals surface area contributed by atoms with Crippen molar-refractivity contribution in [2.75, 3.05) is 6.61 Å². The molecule has 3 heteroatoms. The van der Waals surface area contributed by atoms with Gasteiger partial charge in [-0.25, -0.2) is 4.79 Å². The molecule has 0 heterocycles. The zero-order valence-electron chi connectivity index (χ0n) is 17.3. The van der Waals surface area contributed by atoms with Crippen molar-refractivity contribution in [1.29, 1.82) is 0 Å². The number of rotatable bonds is 13. The number of carbonyl (C=O) groups is 1. The molecule has 0 bridgehead atoms. The minimum Gasteiger partial charge on any atom is -0.494 e. The fraction of sp³-hybridized carbons (Fsp3) is 0.346. The van der Waals surface area contributed by atoms with Gasteiger partial charge < -0.3 is 9.84 Å². The van der Waals surface area contributed by atoms with E-state index in [0.29, 0.717) is 0 Å². The van der Waals surface area contributed by atoms with Gasteiger partial charge in [0.25, 0.3) is 0 Å². The monoisotopic (exact) mass is 392 g/mol. The van der Waals surface area contributed by atoms with Crippen molar-refractivity contribution in [1.82, 2.24) is 0 Å². The zero-order valence-corrected chi connectivity index (χ0v) is 17.3. The van der Waals surface area contributed by atoms with Crippen LogP contribution < -0.4 is 4.74 Å². The Kier molecular flexibility index (Phi) is 10.4. The predicted molar refractivity (Wildman–Crippen MR) is 120 cm³/mol. The summed E-state index contributed by atoms with van der Waals surface area (Å²) in [4.78, 5) is 10.4. The van der Waals surface area contributed by atoms with Crippen LogP contribution in [-0.4, -0.2) is 17.7 Å². The van der Waals surface area contributed by atoms with E-state index in [-0.39, 0.29) is 0 Å². The molecule has 2 aromatic rings. The third-order valence-corrected chi connectivity index (χ3v) is 4.75. The zero-order chi connectivity index (χ0) is 20.7. The molecule has 0 atom stereocenters. The molecule has 29 heavy (non-hydrogen) atoms. The number of hydrogen-bond acceptors (Lipinski definition) is 2. The van der Waals surface area contributed by atoms with Gasteiger partial charge in [0.05, 0.1) is 6.61 Å². The van der Waals surface area contributed by atoms with Crippen molar-refractivity contribution in [3.8, 4) is 16.9 Å². The van der Waals surface area contributed by atoms with Crippen LogP contribution in [0.2, 0.25) is 0 Å². The highest BCUT2D eigenvalue weighted by atomic mass is 16.5. The maximum absolute atomic E-state index is 10.4. The van der Waals surface area contributed by atoms with Gasteiger partial charge in [0, 0.05) is 6.08 Å². The van der Waals surface area contributed by atoms with Gasteiger partial charge in [-0.3, -0.25) is 0 Å². The van der Waals surface area contributed by atoms with Crippen molar-refractivity contribution in [2.24, 2.45) is 0 Å². The average molecular weight is 393 g/mol. The molecule has 0 radical (unpaired) electrons. The van der Waals surface area contributed by atoms with Crippen LogP contribution in [0.15, 0.2) is 72.8 Å². The van der Waals surface area contributed by atoms with Crippen LogP contribution in [0.1, 0.15) is 51.0 Å². The first kappa shape index (κ1) is 22.5. The Balaban J connectivity index is 1.77. The van der Waals surface area contributed by atoms with Crippen LogP contribution in [0.3, 0.4) is 0 Å². The van der Waals surface area contributed by atoms with Gasteiger partial charge in [-0.1, -0.05) is 93.7 Å². The highest BCUT2D eigenvalue weighted by Gasteiger charge is 2.00. The Hall–Kier alpha value is -2.81. The highest BCUT2D eigenvalue weighted by Crippen LogP contribution is 2.23. The Bertz CT molecular complexity index is 771. The van der Waals surface area contributed by atoms with Crippen molar-refractivity contribution >= 4 is 5.97 Å². The van der Waals surface area contributed by atoms with Gasteiger partial charge in [-0.2, -0.15) is 0 Å².